The molecule has 0 atom stereocenters. The summed E-state index contributed by atoms with van der Waals surface area (Å²) in [7, 11) is 3.20. The first-order valence-corrected chi connectivity index (χ1v) is 15.6. The molecule has 0 radical (unpaired) electrons. The fraction of sp³-hybridized carbons (Fsp3) is 0.250. The first-order valence-electron chi connectivity index (χ1n) is 14.8. The van der Waals surface area contributed by atoms with Crippen LogP contribution < -0.4 is 5.32 Å². The minimum atomic E-state index is -0.478. The average Bonchev–Trinajstić information content (AvgIpc) is 3.83. The second kappa shape index (κ2) is 21.4. The van der Waals surface area contributed by atoms with Crippen LogP contribution >= 0.6 is 23.2 Å². The minimum Gasteiger partial charge on any atom is -0.370 e. The van der Waals surface area contributed by atoms with Gasteiger partial charge in [0.25, 0.3) is 6.20 Å². The molecular formula is C32H38Cl2N10O5. The number of nitro groups is 2. The minimum absolute atomic E-state index is 0.0660. The second-order valence-electron chi connectivity index (χ2n) is 9.76. The maximum Gasteiger partial charge on any atom is 0.313 e. The molecule has 0 saturated carbocycles. The van der Waals surface area contributed by atoms with Crippen molar-refractivity contribution in [2.45, 2.75) is 26.9 Å². The Hall–Kier alpha value is -5.54. The van der Waals surface area contributed by atoms with Gasteiger partial charge in [-0.15, -0.1) is 0 Å². The number of aliphatic imine (C=N–C) groups is 1. The summed E-state index contributed by atoms with van der Waals surface area (Å²) in [6.45, 7) is 6.02. The summed E-state index contributed by atoms with van der Waals surface area (Å²) in [6.07, 6.45) is 9.94. The van der Waals surface area contributed by atoms with E-state index in [0.29, 0.717) is 59.5 Å². The Balaban J connectivity index is 0.000000291. The number of pyridine rings is 2. The van der Waals surface area contributed by atoms with Gasteiger partial charge in [0.1, 0.15) is 10.3 Å². The van der Waals surface area contributed by atoms with Crippen LogP contribution in [-0.2, 0) is 13.1 Å². The number of rotatable bonds is 13. The number of halogens is 2. The Morgan fingerprint density at radius 3 is 1.78 bits per heavy atom. The van der Waals surface area contributed by atoms with Gasteiger partial charge >= 0.3 is 5.70 Å². The number of H-pyrrole nitrogens is 2. The summed E-state index contributed by atoms with van der Waals surface area (Å²) in [4.78, 5) is 52.5. The highest BCUT2D eigenvalue weighted by atomic mass is 35.5. The zero-order valence-corrected chi connectivity index (χ0v) is 28.9. The molecule has 4 aromatic rings. The van der Waals surface area contributed by atoms with Crippen LogP contribution in [0.3, 0.4) is 0 Å². The highest BCUT2D eigenvalue weighted by Crippen LogP contribution is 2.15. The van der Waals surface area contributed by atoms with Gasteiger partial charge in [-0.05, 0) is 61.4 Å². The summed E-state index contributed by atoms with van der Waals surface area (Å²) >= 11 is 11.5. The Morgan fingerprint density at radius 1 is 0.898 bits per heavy atom. The summed E-state index contributed by atoms with van der Waals surface area (Å²) in [5.74, 6) is 0.768. The number of aromatic amines is 2. The fourth-order valence-corrected chi connectivity index (χ4v) is 4.39. The van der Waals surface area contributed by atoms with E-state index in [2.05, 4.69) is 30.2 Å². The molecule has 0 aliphatic carbocycles. The standard InChI is InChI=1S/C16H18ClN5O2.C11H15ClN4O2.C5H5NO/c1-3-21(11-12-6-7-15(17)20-10-12)16(18-2)14(22(23)24)9-13-5-4-8-19-13;1-3-15(11(13-2)8-16(17)18)7-9-4-5-10(12)14-6-9;7-4-5-2-1-3-6-5/h4-10,19H,3,11H2,1-2H3;4-6,8,13H,3,7H2,1-2H3;1-4,6H/b14-9+,18-16?;11-8+;. The monoisotopic (exact) mass is 712 g/mol. The maximum absolute atomic E-state index is 11.5. The number of likely N-dealkylation sites (N-methyl/N-ethyl adjacent to an activating group) is 1. The van der Waals surface area contributed by atoms with Crippen molar-refractivity contribution in [3.63, 3.8) is 0 Å². The third kappa shape index (κ3) is 14.0. The van der Waals surface area contributed by atoms with Crippen molar-refractivity contribution in [2.24, 2.45) is 4.99 Å². The molecule has 15 nitrogen and oxygen atoms in total. The molecule has 0 amide bonds. The lowest BCUT2D eigenvalue weighted by molar-refractivity contribution is -0.414. The second-order valence-corrected chi connectivity index (χ2v) is 10.5. The SMILES string of the molecule is CCN(Cc1ccc(Cl)nc1)/C(=C/[N+](=O)[O-])NC.CCN(Cc1ccc(Cl)nc1)C(=NC)/C(=C\c1ccc[nH]1)[N+](=O)[O-].O=Cc1ccc[nH]1. The van der Waals surface area contributed by atoms with E-state index >= 15 is 0 Å². The average molecular weight is 714 g/mol. The number of aromatic nitrogens is 4. The first-order chi connectivity index (χ1) is 23.5. The van der Waals surface area contributed by atoms with Crippen molar-refractivity contribution < 1.29 is 14.6 Å². The molecular weight excluding hydrogens is 675 g/mol. The Labute approximate surface area is 293 Å². The molecule has 4 rings (SSSR count). The number of amidine groups is 1. The van der Waals surface area contributed by atoms with Crippen molar-refractivity contribution in [2.75, 3.05) is 27.2 Å². The van der Waals surface area contributed by atoms with Crippen LogP contribution in [0, 0.1) is 20.2 Å². The van der Waals surface area contributed by atoms with Crippen LogP contribution in [0.4, 0.5) is 0 Å². The van der Waals surface area contributed by atoms with Crippen molar-refractivity contribution in [3.8, 4) is 0 Å². The van der Waals surface area contributed by atoms with E-state index in [1.807, 2.05) is 35.8 Å². The highest BCUT2D eigenvalue weighted by molar-refractivity contribution is 6.29. The molecule has 0 aliphatic heterocycles. The molecule has 0 aromatic carbocycles. The molecule has 0 bridgehead atoms. The molecule has 0 unspecified atom stereocenters. The molecule has 49 heavy (non-hydrogen) atoms. The fourth-order valence-electron chi connectivity index (χ4n) is 4.16. The van der Waals surface area contributed by atoms with Crippen LogP contribution in [0.15, 0.2) is 96.0 Å². The predicted molar refractivity (Wildman–Crippen MR) is 190 cm³/mol. The largest absolute Gasteiger partial charge is 0.370 e. The van der Waals surface area contributed by atoms with E-state index in [4.69, 9.17) is 23.2 Å². The number of hydrogen-bond acceptors (Lipinski definition) is 10. The van der Waals surface area contributed by atoms with Crippen molar-refractivity contribution in [1.82, 2.24) is 35.1 Å². The van der Waals surface area contributed by atoms with Crippen LogP contribution in [-0.4, -0.2) is 78.9 Å². The summed E-state index contributed by atoms with van der Waals surface area (Å²) in [5.41, 5.74) is 3.03. The molecule has 0 spiro atoms. The molecule has 0 aliphatic rings. The molecule has 17 heteroatoms. The van der Waals surface area contributed by atoms with Gasteiger partial charge in [-0.1, -0.05) is 35.3 Å². The predicted octanol–water partition coefficient (Wildman–Crippen LogP) is 5.91. The van der Waals surface area contributed by atoms with E-state index in [9.17, 15) is 25.0 Å². The quantitative estimate of drug-likeness (QED) is 0.0375. The smallest absolute Gasteiger partial charge is 0.313 e. The van der Waals surface area contributed by atoms with Gasteiger partial charge in [-0.3, -0.25) is 30.0 Å². The van der Waals surface area contributed by atoms with Crippen LogP contribution in [0.2, 0.25) is 10.3 Å². The summed E-state index contributed by atoms with van der Waals surface area (Å²) in [6, 6.07) is 14.1. The van der Waals surface area contributed by atoms with Gasteiger partial charge in [0.2, 0.25) is 5.84 Å². The zero-order valence-electron chi connectivity index (χ0n) is 27.4. The van der Waals surface area contributed by atoms with Crippen molar-refractivity contribution in [1.29, 1.82) is 0 Å². The van der Waals surface area contributed by atoms with Gasteiger partial charge in [-0.2, -0.15) is 0 Å². The lowest BCUT2D eigenvalue weighted by Crippen LogP contribution is -2.34. The maximum atomic E-state index is 11.5. The van der Waals surface area contributed by atoms with Crippen LogP contribution in [0.5, 0.6) is 0 Å². The van der Waals surface area contributed by atoms with Gasteiger partial charge in [0.15, 0.2) is 12.1 Å². The Kier molecular flexibility index (Phi) is 17.3. The van der Waals surface area contributed by atoms with Gasteiger partial charge < -0.3 is 25.1 Å². The van der Waals surface area contributed by atoms with E-state index in [1.165, 1.54) is 6.08 Å². The molecule has 260 valence electrons. The molecule has 0 saturated heterocycles. The zero-order chi connectivity index (χ0) is 36.2. The van der Waals surface area contributed by atoms with E-state index in [0.717, 1.165) is 23.6 Å². The van der Waals surface area contributed by atoms with Crippen LogP contribution in [0.1, 0.15) is 41.2 Å². The van der Waals surface area contributed by atoms with Gasteiger partial charge in [-0.25, -0.2) is 9.97 Å². The van der Waals surface area contributed by atoms with Gasteiger partial charge in [0.05, 0.1) is 15.5 Å². The summed E-state index contributed by atoms with van der Waals surface area (Å²) < 4.78 is 0. The van der Waals surface area contributed by atoms with E-state index < -0.39 is 9.85 Å². The number of carbonyl (C=O) groups is 1. The molecule has 3 N–H and O–H groups in total. The molecule has 0 fully saturated rings. The normalized spacial score (nSPS) is 11.3. The highest BCUT2D eigenvalue weighted by Gasteiger charge is 2.24. The molecule has 4 heterocycles. The topological polar surface area (TPSA) is 192 Å². The number of nitrogens with one attached hydrogen (secondary N) is 3. The van der Waals surface area contributed by atoms with Gasteiger partial charge in [0, 0.05) is 76.8 Å². The number of carbonyl (C=O) groups excluding carboxylic acids is 1. The third-order valence-electron chi connectivity index (χ3n) is 6.51. The van der Waals surface area contributed by atoms with Crippen molar-refractivity contribution >= 4 is 41.4 Å². The number of aldehydes is 1. The van der Waals surface area contributed by atoms with E-state index in [1.54, 1.807) is 75.3 Å². The molecule has 4 aromatic heterocycles. The summed E-state index contributed by atoms with van der Waals surface area (Å²) in [5, 5.41) is 25.7. The van der Waals surface area contributed by atoms with Crippen LogP contribution in [0.25, 0.3) is 6.08 Å². The Bertz CT molecular complexity index is 1680. The van der Waals surface area contributed by atoms with Crippen molar-refractivity contribution in [3.05, 3.63) is 144 Å². The number of nitrogens with zero attached hydrogens (tertiary/aromatic N) is 7. The van der Waals surface area contributed by atoms with E-state index in [-0.39, 0.29) is 5.70 Å². The number of hydrogen-bond donors (Lipinski definition) is 3. The third-order valence-corrected chi connectivity index (χ3v) is 6.96. The first kappa shape index (κ1) is 39.6. The lowest BCUT2D eigenvalue weighted by Gasteiger charge is -2.23. The lowest BCUT2D eigenvalue weighted by atomic mass is 10.2. The Morgan fingerprint density at radius 2 is 1.43 bits per heavy atom.